The molecule has 42 heavy (non-hydrogen) atoms. The van der Waals surface area contributed by atoms with Crippen molar-refractivity contribution in [2.75, 3.05) is 12.4 Å². The molecule has 5 aromatic carbocycles. The van der Waals surface area contributed by atoms with Crippen molar-refractivity contribution >= 4 is 30.5 Å². The minimum atomic E-state index is -2.67. The molecule has 0 fully saturated rings. The monoisotopic (exact) mass is 587 g/mol. The first-order chi connectivity index (χ1) is 20.4. The summed E-state index contributed by atoms with van der Waals surface area (Å²) in [5.74, 6) is 0.733. The highest BCUT2D eigenvalue weighted by molar-refractivity contribution is 8.00. The first-order valence-corrected chi connectivity index (χ1v) is 17.6. The van der Waals surface area contributed by atoms with Gasteiger partial charge in [0.1, 0.15) is 0 Å². The lowest BCUT2D eigenvalue weighted by molar-refractivity contribution is 0.280. The number of benzene rings is 5. The molecule has 0 spiro atoms. The Kier molecular flexibility index (Phi) is 9.49. The van der Waals surface area contributed by atoms with Crippen LogP contribution in [0.5, 0.6) is 0 Å². The van der Waals surface area contributed by atoms with E-state index in [4.69, 9.17) is 10.2 Å². The van der Waals surface area contributed by atoms with Crippen molar-refractivity contribution in [3.05, 3.63) is 168 Å². The predicted molar refractivity (Wildman–Crippen MR) is 183 cm³/mol. The number of thioether (sulfide) groups is 1. The quantitative estimate of drug-likeness (QED) is 0.128. The molecular formula is C38H41NOSSi. The second kappa shape index (κ2) is 13.3. The van der Waals surface area contributed by atoms with Crippen molar-refractivity contribution in [3.8, 4) is 0 Å². The maximum atomic E-state index is 7.21. The van der Waals surface area contributed by atoms with Crippen LogP contribution in [-0.2, 0) is 9.17 Å². The third-order valence-electron chi connectivity index (χ3n) is 7.99. The van der Waals surface area contributed by atoms with Gasteiger partial charge in [-0.25, -0.2) is 0 Å². The minimum absolute atomic E-state index is 0.0928. The van der Waals surface area contributed by atoms with E-state index in [-0.39, 0.29) is 11.1 Å². The Morgan fingerprint density at radius 1 is 0.571 bits per heavy atom. The smallest absolute Gasteiger partial charge is 0.261 e. The summed E-state index contributed by atoms with van der Waals surface area (Å²) in [6.45, 7) is 7.41. The summed E-state index contributed by atoms with van der Waals surface area (Å²) < 4.78 is 6.81. The maximum absolute atomic E-state index is 7.21. The van der Waals surface area contributed by atoms with Gasteiger partial charge in [-0.1, -0.05) is 172 Å². The van der Waals surface area contributed by atoms with E-state index in [1.54, 1.807) is 0 Å². The molecule has 0 saturated carbocycles. The van der Waals surface area contributed by atoms with Gasteiger partial charge in [-0.05, 0) is 32.1 Å². The van der Waals surface area contributed by atoms with Crippen LogP contribution in [0.2, 0.25) is 5.04 Å². The first-order valence-electron chi connectivity index (χ1n) is 14.7. The molecule has 2 N–H and O–H groups in total. The fraction of sp³-hybridized carbons (Fsp3) is 0.211. The molecule has 5 rings (SSSR count). The van der Waals surface area contributed by atoms with Crippen LogP contribution in [-0.4, -0.2) is 26.7 Å². The third kappa shape index (κ3) is 6.04. The Balaban J connectivity index is 1.49. The fourth-order valence-corrected chi connectivity index (χ4v) is 12.1. The highest BCUT2D eigenvalue weighted by Gasteiger charge is 2.50. The van der Waals surface area contributed by atoms with Crippen LogP contribution in [0.15, 0.2) is 152 Å². The molecule has 5 aromatic rings. The number of hydrogen-bond acceptors (Lipinski definition) is 3. The molecule has 0 aliphatic heterocycles. The molecule has 0 aliphatic rings. The Bertz CT molecular complexity index is 1370. The van der Waals surface area contributed by atoms with Crippen LogP contribution >= 0.6 is 11.8 Å². The van der Waals surface area contributed by atoms with E-state index < -0.39 is 13.1 Å². The van der Waals surface area contributed by atoms with Gasteiger partial charge in [-0.2, -0.15) is 0 Å². The van der Waals surface area contributed by atoms with Crippen molar-refractivity contribution in [1.29, 1.82) is 0 Å². The Morgan fingerprint density at radius 3 is 1.24 bits per heavy atom. The molecule has 1 atom stereocenters. The molecule has 0 unspecified atom stereocenters. The molecule has 0 bridgehead atoms. The highest BCUT2D eigenvalue weighted by atomic mass is 32.2. The van der Waals surface area contributed by atoms with Gasteiger partial charge in [-0.15, -0.1) is 11.8 Å². The summed E-state index contributed by atoms with van der Waals surface area (Å²) in [5, 5.41) is 2.45. The highest BCUT2D eigenvalue weighted by Crippen LogP contribution is 2.48. The second-order valence-corrected chi connectivity index (χ2v) is 17.4. The zero-order valence-electron chi connectivity index (χ0n) is 24.8. The minimum Gasteiger partial charge on any atom is -0.406 e. The fourth-order valence-electron chi connectivity index (χ4n) is 6.04. The maximum Gasteiger partial charge on any atom is 0.261 e. The van der Waals surface area contributed by atoms with Crippen molar-refractivity contribution < 1.29 is 4.43 Å². The lowest BCUT2D eigenvalue weighted by Crippen LogP contribution is -2.67. The van der Waals surface area contributed by atoms with Crippen molar-refractivity contribution in [2.45, 2.75) is 36.6 Å². The Hall–Kier alpha value is -3.41. The van der Waals surface area contributed by atoms with Crippen LogP contribution in [0, 0.1) is 0 Å². The van der Waals surface area contributed by atoms with Gasteiger partial charge < -0.3 is 10.2 Å². The summed E-state index contributed by atoms with van der Waals surface area (Å²) in [4.78, 5) is 0. The third-order valence-corrected chi connectivity index (χ3v) is 14.7. The zero-order chi connectivity index (χ0) is 29.5. The van der Waals surface area contributed by atoms with E-state index in [2.05, 4.69) is 172 Å². The van der Waals surface area contributed by atoms with Crippen molar-refractivity contribution in [2.24, 2.45) is 5.73 Å². The van der Waals surface area contributed by atoms with Crippen LogP contribution < -0.4 is 16.1 Å². The number of nitrogens with two attached hydrogens (primary N) is 1. The standard InChI is InChI=1S/C38H41NOSSi/c1-37(2,3)42(35-25-15-7-16-26-35,36-27-17-8-18-28-36)40-29-34(39)30-41-38(31-19-9-4-10-20-31,32-21-11-5-12-22-32)33-23-13-6-14-24-33/h4-28,34H,29-30,39H2,1-3H3/t34-/m0/s1. The van der Waals surface area contributed by atoms with Crippen LogP contribution in [0.3, 0.4) is 0 Å². The Morgan fingerprint density at radius 2 is 0.905 bits per heavy atom. The van der Waals surface area contributed by atoms with Gasteiger partial charge in [0.2, 0.25) is 0 Å². The van der Waals surface area contributed by atoms with E-state index >= 15 is 0 Å². The van der Waals surface area contributed by atoms with E-state index in [0.29, 0.717) is 6.61 Å². The molecule has 214 valence electrons. The van der Waals surface area contributed by atoms with Gasteiger partial charge >= 0.3 is 0 Å². The lowest BCUT2D eigenvalue weighted by atomic mass is 9.84. The first kappa shape index (κ1) is 30.1. The van der Waals surface area contributed by atoms with E-state index in [1.807, 2.05) is 11.8 Å². The van der Waals surface area contributed by atoms with Crippen molar-refractivity contribution in [3.63, 3.8) is 0 Å². The average Bonchev–Trinajstić information content (AvgIpc) is 3.04. The summed E-state index contributed by atoms with van der Waals surface area (Å²) in [7, 11) is -2.67. The summed E-state index contributed by atoms with van der Waals surface area (Å²) in [6, 6.07) is 53.8. The van der Waals surface area contributed by atoms with Gasteiger partial charge in [0, 0.05) is 11.8 Å². The summed E-state index contributed by atoms with van der Waals surface area (Å²) in [6.07, 6.45) is 0. The molecule has 0 amide bonds. The van der Waals surface area contributed by atoms with Crippen LogP contribution in [0.25, 0.3) is 0 Å². The topological polar surface area (TPSA) is 35.2 Å². The van der Waals surface area contributed by atoms with Gasteiger partial charge in [0.15, 0.2) is 0 Å². The molecule has 2 nitrogen and oxygen atoms in total. The van der Waals surface area contributed by atoms with Gasteiger partial charge in [0.25, 0.3) is 8.32 Å². The largest absolute Gasteiger partial charge is 0.406 e. The molecule has 4 heteroatoms. The molecule has 0 radical (unpaired) electrons. The van der Waals surface area contributed by atoms with E-state index in [1.165, 1.54) is 27.1 Å². The molecule has 0 aromatic heterocycles. The number of rotatable bonds is 11. The molecule has 0 saturated heterocycles. The van der Waals surface area contributed by atoms with Gasteiger partial charge in [-0.3, -0.25) is 0 Å². The normalized spacial score (nSPS) is 13.0. The van der Waals surface area contributed by atoms with Crippen molar-refractivity contribution in [1.82, 2.24) is 0 Å². The van der Waals surface area contributed by atoms with E-state index in [0.717, 1.165) is 5.75 Å². The number of hydrogen-bond donors (Lipinski definition) is 1. The summed E-state index contributed by atoms with van der Waals surface area (Å²) in [5.41, 5.74) is 10.7. The second-order valence-electron chi connectivity index (χ2n) is 11.8. The zero-order valence-corrected chi connectivity index (χ0v) is 26.6. The summed E-state index contributed by atoms with van der Waals surface area (Å²) >= 11 is 1.90. The van der Waals surface area contributed by atoms with Crippen LogP contribution in [0.4, 0.5) is 0 Å². The molecule has 0 aliphatic carbocycles. The lowest BCUT2D eigenvalue weighted by Gasteiger charge is -2.43. The predicted octanol–water partition coefficient (Wildman–Crippen LogP) is 7.62. The van der Waals surface area contributed by atoms with Gasteiger partial charge in [0.05, 0.1) is 11.4 Å². The van der Waals surface area contributed by atoms with Crippen LogP contribution in [0.1, 0.15) is 37.5 Å². The average molecular weight is 588 g/mol. The molecular weight excluding hydrogens is 547 g/mol. The SMILES string of the molecule is CC(C)(C)[Si](OC[C@H](N)CSC(c1ccccc1)(c1ccccc1)c1ccccc1)(c1ccccc1)c1ccccc1. The van der Waals surface area contributed by atoms with E-state index in [9.17, 15) is 0 Å². The molecule has 0 heterocycles. The Labute approximate surface area is 257 Å².